The van der Waals surface area contributed by atoms with Crippen LogP contribution in [0.4, 0.5) is 5.69 Å². The van der Waals surface area contributed by atoms with E-state index >= 15 is 0 Å². The Morgan fingerprint density at radius 2 is 1.97 bits per heavy atom. The minimum absolute atomic E-state index is 0.0398. The third-order valence-electron chi connectivity index (χ3n) is 4.90. The number of nitrogens with one attached hydrogen (secondary N) is 2. The number of amides is 1. The Bertz CT molecular complexity index is 1000. The molecule has 2 N–H and O–H groups in total. The number of nitrogens with zero attached hydrogens (tertiary/aromatic N) is 2. The van der Waals surface area contributed by atoms with Crippen molar-refractivity contribution in [1.82, 2.24) is 14.8 Å². The number of aromatic amines is 1. The molecule has 0 aliphatic carbocycles. The van der Waals surface area contributed by atoms with Crippen LogP contribution < -0.4 is 5.32 Å². The summed E-state index contributed by atoms with van der Waals surface area (Å²) < 4.78 is 2.39. The summed E-state index contributed by atoms with van der Waals surface area (Å²) in [6.45, 7) is 4.72. The Labute approximate surface area is 177 Å². The van der Waals surface area contributed by atoms with E-state index in [4.69, 9.17) is 12.2 Å². The van der Waals surface area contributed by atoms with Gasteiger partial charge in [0.1, 0.15) is 0 Å². The molecular weight excluding hydrogens is 380 g/mol. The second kappa shape index (κ2) is 10.2. The first kappa shape index (κ1) is 21.0. The summed E-state index contributed by atoms with van der Waals surface area (Å²) in [5.41, 5.74) is 4.27. The predicted molar refractivity (Wildman–Crippen MR) is 121 cm³/mol. The molecule has 0 bridgehead atoms. The van der Waals surface area contributed by atoms with Crippen LogP contribution in [0.2, 0.25) is 0 Å². The fourth-order valence-electron chi connectivity index (χ4n) is 3.30. The van der Waals surface area contributed by atoms with Crippen molar-refractivity contribution in [3.8, 4) is 11.4 Å². The van der Waals surface area contributed by atoms with Crippen molar-refractivity contribution < 1.29 is 4.79 Å². The number of carbonyl (C=O) groups excluding carboxylic acids is 1. The van der Waals surface area contributed by atoms with Crippen molar-refractivity contribution in [2.45, 2.75) is 52.5 Å². The maximum absolute atomic E-state index is 12.4. The Kier molecular flexibility index (Phi) is 7.36. The molecule has 3 aromatic rings. The maximum atomic E-state index is 12.4. The highest BCUT2D eigenvalue weighted by Gasteiger charge is 2.11. The van der Waals surface area contributed by atoms with Gasteiger partial charge in [0.2, 0.25) is 5.91 Å². The van der Waals surface area contributed by atoms with Crippen molar-refractivity contribution in [1.29, 1.82) is 0 Å². The second-order valence-corrected chi connectivity index (χ2v) is 7.71. The molecule has 1 amide bonds. The van der Waals surface area contributed by atoms with Crippen LogP contribution in [-0.2, 0) is 17.8 Å². The van der Waals surface area contributed by atoms with E-state index in [2.05, 4.69) is 40.6 Å². The standard InChI is InChI=1S/C23H28N4OS/c1-3-4-5-8-18-10-12-20(13-11-18)24-21(28)14-15-27-22(25-26-23(27)29)19-9-6-7-17(2)16-19/h6-7,9-13,16H,3-5,8,14-15H2,1-2H3,(H,24,28)(H,26,29). The lowest BCUT2D eigenvalue weighted by Gasteiger charge is -2.09. The highest BCUT2D eigenvalue weighted by atomic mass is 32.1. The van der Waals surface area contributed by atoms with Crippen LogP contribution in [0.15, 0.2) is 48.5 Å². The van der Waals surface area contributed by atoms with Gasteiger partial charge in [0.15, 0.2) is 10.6 Å². The van der Waals surface area contributed by atoms with Crippen molar-refractivity contribution in [2.24, 2.45) is 0 Å². The fourth-order valence-corrected chi connectivity index (χ4v) is 3.52. The zero-order valence-electron chi connectivity index (χ0n) is 17.1. The number of rotatable bonds is 9. The Balaban J connectivity index is 1.59. The molecule has 0 spiro atoms. The summed E-state index contributed by atoms with van der Waals surface area (Å²) in [5, 5.41) is 10.2. The van der Waals surface area contributed by atoms with Crippen LogP contribution in [0.5, 0.6) is 0 Å². The second-order valence-electron chi connectivity index (χ2n) is 7.33. The summed E-state index contributed by atoms with van der Waals surface area (Å²) in [6, 6.07) is 16.2. The molecule has 0 aliphatic heterocycles. The van der Waals surface area contributed by atoms with Gasteiger partial charge in [-0.3, -0.25) is 14.5 Å². The zero-order valence-corrected chi connectivity index (χ0v) is 17.9. The van der Waals surface area contributed by atoms with E-state index in [0.717, 1.165) is 29.1 Å². The van der Waals surface area contributed by atoms with Gasteiger partial charge < -0.3 is 5.32 Å². The lowest BCUT2D eigenvalue weighted by Crippen LogP contribution is -2.15. The van der Waals surface area contributed by atoms with Crippen molar-refractivity contribution in [3.05, 3.63) is 64.4 Å². The number of hydrogen-bond acceptors (Lipinski definition) is 3. The van der Waals surface area contributed by atoms with E-state index in [1.807, 2.05) is 41.8 Å². The van der Waals surface area contributed by atoms with Crippen molar-refractivity contribution in [3.63, 3.8) is 0 Å². The van der Waals surface area contributed by atoms with Crippen LogP contribution in [0, 0.1) is 11.7 Å². The normalized spacial score (nSPS) is 10.8. The Hall–Kier alpha value is -2.73. The van der Waals surface area contributed by atoms with E-state index in [-0.39, 0.29) is 5.91 Å². The average Bonchev–Trinajstić information content (AvgIpc) is 3.08. The Morgan fingerprint density at radius 3 is 2.69 bits per heavy atom. The van der Waals surface area contributed by atoms with Gasteiger partial charge in [-0.15, -0.1) is 0 Å². The minimum atomic E-state index is -0.0398. The number of aromatic nitrogens is 3. The molecule has 0 aliphatic rings. The molecule has 29 heavy (non-hydrogen) atoms. The van der Waals surface area contributed by atoms with Gasteiger partial charge >= 0.3 is 0 Å². The van der Waals surface area contributed by atoms with E-state index < -0.39 is 0 Å². The summed E-state index contributed by atoms with van der Waals surface area (Å²) in [7, 11) is 0. The Morgan fingerprint density at radius 1 is 1.17 bits per heavy atom. The van der Waals surface area contributed by atoms with Crippen molar-refractivity contribution in [2.75, 3.05) is 5.32 Å². The van der Waals surface area contributed by atoms with Gasteiger partial charge in [0, 0.05) is 24.2 Å². The molecule has 0 saturated heterocycles. The first-order valence-electron chi connectivity index (χ1n) is 10.2. The third kappa shape index (κ3) is 5.87. The van der Waals surface area contributed by atoms with Gasteiger partial charge in [-0.25, -0.2) is 0 Å². The summed E-state index contributed by atoms with van der Waals surface area (Å²) in [5.74, 6) is 0.713. The molecule has 5 nitrogen and oxygen atoms in total. The molecule has 2 aromatic carbocycles. The first-order valence-corrected chi connectivity index (χ1v) is 10.6. The zero-order chi connectivity index (χ0) is 20.6. The molecule has 0 radical (unpaired) electrons. The van der Waals surface area contributed by atoms with Gasteiger partial charge in [-0.05, 0) is 55.7 Å². The highest BCUT2D eigenvalue weighted by Crippen LogP contribution is 2.19. The average molecular weight is 409 g/mol. The first-order chi connectivity index (χ1) is 14.1. The van der Waals surface area contributed by atoms with Gasteiger partial charge in [0.05, 0.1) is 0 Å². The topological polar surface area (TPSA) is 62.7 Å². The smallest absolute Gasteiger partial charge is 0.226 e. The lowest BCUT2D eigenvalue weighted by atomic mass is 10.1. The number of hydrogen-bond donors (Lipinski definition) is 2. The molecule has 6 heteroatoms. The van der Waals surface area contributed by atoms with E-state index in [1.165, 1.54) is 24.8 Å². The number of carbonyl (C=O) groups is 1. The van der Waals surface area contributed by atoms with Gasteiger partial charge in [-0.1, -0.05) is 55.7 Å². The quantitative estimate of drug-likeness (QED) is 0.354. The van der Waals surface area contributed by atoms with E-state index in [9.17, 15) is 4.79 Å². The molecule has 0 unspecified atom stereocenters. The molecule has 0 saturated carbocycles. The predicted octanol–water partition coefficient (Wildman–Crippen LogP) is 5.68. The number of H-pyrrole nitrogens is 1. The molecule has 152 valence electrons. The number of anilines is 1. The fraction of sp³-hybridized carbons (Fsp3) is 0.348. The molecule has 1 heterocycles. The lowest BCUT2D eigenvalue weighted by molar-refractivity contribution is -0.116. The molecule has 1 aromatic heterocycles. The molecule has 0 atom stereocenters. The molecule has 3 rings (SSSR count). The molecular formula is C23H28N4OS. The summed E-state index contributed by atoms with van der Waals surface area (Å²) in [4.78, 5) is 12.4. The van der Waals surface area contributed by atoms with E-state index in [0.29, 0.717) is 17.7 Å². The minimum Gasteiger partial charge on any atom is -0.326 e. The van der Waals surface area contributed by atoms with Crippen LogP contribution in [0.3, 0.4) is 0 Å². The number of unbranched alkanes of at least 4 members (excludes halogenated alkanes) is 2. The van der Waals surface area contributed by atoms with Crippen LogP contribution in [-0.4, -0.2) is 20.7 Å². The summed E-state index contributed by atoms with van der Waals surface area (Å²) in [6.07, 6.45) is 5.09. The summed E-state index contributed by atoms with van der Waals surface area (Å²) >= 11 is 5.36. The highest BCUT2D eigenvalue weighted by molar-refractivity contribution is 7.71. The monoisotopic (exact) mass is 408 g/mol. The van der Waals surface area contributed by atoms with Gasteiger partial charge in [0.25, 0.3) is 0 Å². The third-order valence-corrected chi connectivity index (χ3v) is 5.22. The largest absolute Gasteiger partial charge is 0.326 e. The maximum Gasteiger partial charge on any atom is 0.226 e. The van der Waals surface area contributed by atoms with E-state index in [1.54, 1.807) is 0 Å². The number of aryl methyl sites for hydroxylation is 2. The van der Waals surface area contributed by atoms with Crippen LogP contribution in [0.25, 0.3) is 11.4 Å². The SMILES string of the molecule is CCCCCc1ccc(NC(=O)CCn2c(-c3cccc(C)c3)n[nH]c2=S)cc1. The molecule has 0 fully saturated rings. The van der Waals surface area contributed by atoms with Crippen LogP contribution in [0.1, 0.15) is 43.7 Å². The van der Waals surface area contributed by atoms with Gasteiger partial charge in [-0.2, -0.15) is 5.10 Å². The van der Waals surface area contributed by atoms with Crippen molar-refractivity contribution >= 4 is 23.8 Å². The number of benzene rings is 2. The van der Waals surface area contributed by atoms with Crippen LogP contribution >= 0.6 is 12.2 Å².